The van der Waals surface area contributed by atoms with Crippen LogP contribution in [0.25, 0.3) is 11.5 Å². The van der Waals surface area contributed by atoms with E-state index >= 15 is 0 Å². The van der Waals surface area contributed by atoms with Crippen LogP contribution in [0, 0.1) is 5.92 Å². The van der Waals surface area contributed by atoms with E-state index in [0.717, 1.165) is 42.7 Å². The molecule has 1 saturated carbocycles. The van der Waals surface area contributed by atoms with Gasteiger partial charge in [-0.15, -0.1) is 0 Å². The van der Waals surface area contributed by atoms with Gasteiger partial charge in [-0.1, -0.05) is 18.2 Å². The van der Waals surface area contributed by atoms with E-state index in [4.69, 9.17) is 4.42 Å². The van der Waals surface area contributed by atoms with Crippen molar-refractivity contribution in [2.75, 3.05) is 19.6 Å². The smallest absolute Gasteiger partial charge is 0.226 e. The van der Waals surface area contributed by atoms with Crippen molar-refractivity contribution in [1.82, 2.24) is 15.2 Å². The minimum atomic E-state index is 0.712. The summed E-state index contributed by atoms with van der Waals surface area (Å²) in [6.07, 6.45) is 7.16. The monoisotopic (exact) mass is 311 g/mol. The molecule has 0 radical (unpaired) electrons. The van der Waals surface area contributed by atoms with Crippen LogP contribution in [0.3, 0.4) is 0 Å². The highest BCUT2D eigenvalue weighted by Crippen LogP contribution is 2.28. The minimum Gasteiger partial charge on any atom is -0.444 e. The second kappa shape index (κ2) is 6.85. The third-order valence-electron chi connectivity index (χ3n) is 4.94. The average molecular weight is 311 g/mol. The van der Waals surface area contributed by atoms with Gasteiger partial charge >= 0.3 is 0 Å². The van der Waals surface area contributed by atoms with Crippen molar-refractivity contribution in [3.8, 4) is 11.5 Å². The summed E-state index contributed by atoms with van der Waals surface area (Å²) in [6.45, 7) is 4.42. The van der Waals surface area contributed by atoms with Gasteiger partial charge in [0.1, 0.15) is 6.26 Å². The molecule has 4 nitrogen and oxygen atoms in total. The van der Waals surface area contributed by atoms with Gasteiger partial charge in [0.15, 0.2) is 0 Å². The fourth-order valence-electron chi connectivity index (χ4n) is 3.27. The summed E-state index contributed by atoms with van der Waals surface area (Å²) in [6, 6.07) is 10.8. The maximum Gasteiger partial charge on any atom is 0.226 e. The average Bonchev–Trinajstić information content (AvgIpc) is 3.32. The molecular weight excluding hydrogens is 286 g/mol. The first-order valence-corrected chi connectivity index (χ1v) is 8.82. The fraction of sp³-hybridized carbons (Fsp3) is 0.526. The summed E-state index contributed by atoms with van der Waals surface area (Å²) >= 11 is 0. The summed E-state index contributed by atoms with van der Waals surface area (Å²) in [5.41, 5.74) is 2.08. The third-order valence-corrected chi connectivity index (χ3v) is 4.94. The number of benzene rings is 1. The van der Waals surface area contributed by atoms with E-state index in [2.05, 4.69) is 15.2 Å². The number of aromatic nitrogens is 1. The highest BCUT2D eigenvalue weighted by molar-refractivity contribution is 5.52. The molecule has 0 bridgehead atoms. The number of hydrogen-bond donors (Lipinski definition) is 1. The topological polar surface area (TPSA) is 41.3 Å². The summed E-state index contributed by atoms with van der Waals surface area (Å²) in [7, 11) is 0. The lowest BCUT2D eigenvalue weighted by atomic mass is 10.0. The summed E-state index contributed by atoms with van der Waals surface area (Å²) in [5.74, 6) is 1.70. The predicted octanol–water partition coefficient (Wildman–Crippen LogP) is 3.31. The molecule has 4 heteroatoms. The zero-order chi connectivity index (χ0) is 15.5. The molecule has 0 spiro atoms. The molecule has 122 valence electrons. The Morgan fingerprint density at radius 3 is 2.61 bits per heavy atom. The molecule has 1 saturated heterocycles. The lowest BCUT2D eigenvalue weighted by Crippen LogP contribution is -2.42. The lowest BCUT2D eigenvalue weighted by molar-refractivity contribution is 0.188. The molecule has 2 fully saturated rings. The molecule has 2 aliphatic rings. The Kier molecular flexibility index (Phi) is 4.44. The molecule has 1 aliphatic carbocycles. The number of oxazole rings is 1. The van der Waals surface area contributed by atoms with Gasteiger partial charge in [-0.05, 0) is 50.3 Å². The number of piperidine rings is 1. The van der Waals surface area contributed by atoms with Crippen LogP contribution in [0.2, 0.25) is 0 Å². The number of hydrogen-bond acceptors (Lipinski definition) is 4. The summed E-state index contributed by atoms with van der Waals surface area (Å²) in [5, 5.41) is 3.73. The zero-order valence-electron chi connectivity index (χ0n) is 13.6. The Balaban J connectivity index is 1.27. The quantitative estimate of drug-likeness (QED) is 0.888. The van der Waals surface area contributed by atoms with Crippen LogP contribution in [-0.2, 0) is 6.54 Å². The van der Waals surface area contributed by atoms with E-state index < -0.39 is 0 Å². The molecule has 1 N–H and O–H groups in total. The van der Waals surface area contributed by atoms with Crippen LogP contribution in [-0.4, -0.2) is 35.6 Å². The van der Waals surface area contributed by atoms with Crippen molar-refractivity contribution >= 4 is 0 Å². The molecule has 2 heterocycles. The number of nitrogens with zero attached hydrogens (tertiary/aromatic N) is 2. The van der Waals surface area contributed by atoms with Crippen molar-refractivity contribution in [3.05, 3.63) is 42.3 Å². The van der Waals surface area contributed by atoms with Crippen LogP contribution in [0.15, 0.2) is 41.0 Å². The van der Waals surface area contributed by atoms with Gasteiger partial charge in [0, 0.05) is 31.2 Å². The summed E-state index contributed by atoms with van der Waals surface area (Å²) < 4.78 is 5.64. The standard InChI is InChI=1S/C19H25N3O/c1-2-4-16(5-3-1)19-21-18(14-23-19)13-22-10-8-17(9-11-22)20-12-15-6-7-15/h1-5,14-15,17,20H,6-13H2. The van der Waals surface area contributed by atoms with Gasteiger partial charge in [-0.3, -0.25) is 4.90 Å². The van der Waals surface area contributed by atoms with Crippen molar-refractivity contribution in [1.29, 1.82) is 0 Å². The first kappa shape index (κ1) is 14.9. The molecule has 4 rings (SSSR count). The fourth-order valence-corrected chi connectivity index (χ4v) is 3.27. The van der Waals surface area contributed by atoms with Crippen molar-refractivity contribution in [2.24, 2.45) is 5.92 Å². The highest BCUT2D eigenvalue weighted by atomic mass is 16.3. The lowest BCUT2D eigenvalue weighted by Gasteiger charge is -2.31. The van der Waals surface area contributed by atoms with Crippen molar-refractivity contribution < 1.29 is 4.42 Å². The predicted molar refractivity (Wildman–Crippen MR) is 91.0 cm³/mol. The van der Waals surface area contributed by atoms with Crippen molar-refractivity contribution in [3.63, 3.8) is 0 Å². The molecule has 2 aromatic rings. The minimum absolute atomic E-state index is 0.712. The van der Waals surface area contributed by atoms with Crippen LogP contribution < -0.4 is 5.32 Å². The molecule has 0 amide bonds. The third kappa shape index (κ3) is 4.01. The van der Waals surface area contributed by atoms with Crippen LogP contribution in [0.5, 0.6) is 0 Å². The van der Waals surface area contributed by atoms with Gasteiger partial charge in [0.2, 0.25) is 5.89 Å². The van der Waals surface area contributed by atoms with Crippen LogP contribution in [0.1, 0.15) is 31.4 Å². The van der Waals surface area contributed by atoms with Gasteiger partial charge in [-0.2, -0.15) is 0 Å². The molecule has 1 aromatic carbocycles. The zero-order valence-corrected chi connectivity index (χ0v) is 13.6. The Bertz CT molecular complexity index is 613. The SMILES string of the molecule is c1ccc(-c2nc(CN3CCC(NCC4CC4)CC3)co2)cc1. The Morgan fingerprint density at radius 2 is 1.87 bits per heavy atom. The van der Waals surface area contributed by atoms with E-state index in [9.17, 15) is 0 Å². The van der Waals surface area contributed by atoms with Gasteiger partial charge in [0.05, 0.1) is 5.69 Å². The Morgan fingerprint density at radius 1 is 1.09 bits per heavy atom. The van der Waals surface area contributed by atoms with E-state index in [1.54, 1.807) is 6.26 Å². The van der Waals surface area contributed by atoms with Crippen molar-refractivity contribution in [2.45, 2.75) is 38.3 Å². The Hall–Kier alpha value is -1.65. The van der Waals surface area contributed by atoms with Gasteiger partial charge in [-0.25, -0.2) is 4.98 Å². The van der Waals surface area contributed by atoms with Gasteiger partial charge in [0.25, 0.3) is 0 Å². The molecule has 23 heavy (non-hydrogen) atoms. The summed E-state index contributed by atoms with van der Waals surface area (Å²) in [4.78, 5) is 7.13. The first-order valence-electron chi connectivity index (χ1n) is 8.82. The maximum atomic E-state index is 5.64. The second-order valence-electron chi connectivity index (χ2n) is 6.91. The second-order valence-corrected chi connectivity index (χ2v) is 6.91. The normalized spacial score (nSPS) is 20.0. The molecule has 0 atom stereocenters. The molecule has 1 aromatic heterocycles. The van der Waals surface area contributed by atoms with E-state index in [0.29, 0.717) is 6.04 Å². The molecule has 0 unspecified atom stereocenters. The van der Waals surface area contributed by atoms with Crippen LogP contribution in [0.4, 0.5) is 0 Å². The maximum absolute atomic E-state index is 5.64. The van der Waals surface area contributed by atoms with Gasteiger partial charge < -0.3 is 9.73 Å². The van der Waals surface area contributed by atoms with Crippen LogP contribution >= 0.6 is 0 Å². The highest BCUT2D eigenvalue weighted by Gasteiger charge is 2.24. The number of nitrogens with one attached hydrogen (secondary N) is 1. The van der Waals surface area contributed by atoms with E-state index in [1.807, 2.05) is 30.3 Å². The number of likely N-dealkylation sites (tertiary alicyclic amines) is 1. The number of rotatable bonds is 6. The first-order chi connectivity index (χ1) is 11.4. The largest absolute Gasteiger partial charge is 0.444 e. The molecule has 1 aliphatic heterocycles. The Labute approximate surface area is 137 Å². The van der Waals surface area contributed by atoms with E-state index in [-0.39, 0.29) is 0 Å². The van der Waals surface area contributed by atoms with E-state index in [1.165, 1.54) is 32.2 Å². The molecular formula is C19H25N3O.